The maximum absolute atomic E-state index is 10.6. The molecule has 0 fully saturated rings. The second kappa shape index (κ2) is 4.71. The number of ether oxygens (including phenoxy) is 1. The number of rotatable bonds is 4. The molecule has 0 aliphatic rings. The molecule has 0 saturated carbocycles. The molecule has 0 radical (unpaired) electrons. The summed E-state index contributed by atoms with van der Waals surface area (Å²) in [6.07, 6.45) is -0.330. The Morgan fingerprint density at radius 1 is 1.69 bits per heavy atom. The highest BCUT2D eigenvalue weighted by atomic mass is 35.5. The van der Waals surface area contributed by atoms with E-state index >= 15 is 0 Å². The standard InChI is InChI=1S/C7H6ClN3O5/c1-3(7(12)13)16-6-4(11(14)15)5(8)9-2-10-6/h2-3H,1H3,(H,12,13)/t3-/m1/s1. The lowest BCUT2D eigenvalue weighted by Crippen LogP contribution is -2.23. The molecule has 8 nitrogen and oxygen atoms in total. The van der Waals surface area contributed by atoms with E-state index in [2.05, 4.69) is 9.97 Å². The maximum atomic E-state index is 10.6. The van der Waals surface area contributed by atoms with E-state index in [9.17, 15) is 14.9 Å². The molecule has 0 aliphatic carbocycles. The number of carboxylic acid groups (broad SMARTS) is 1. The van der Waals surface area contributed by atoms with E-state index < -0.39 is 33.7 Å². The van der Waals surface area contributed by atoms with Crippen LogP contribution in [0.5, 0.6) is 5.88 Å². The van der Waals surface area contributed by atoms with Crippen molar-refractivity contribution in [1.29, 1.82) is 0 Å². The minimum absolute atomic E-state index is 0.410. The minimum atomic E-state index is -1.27. The number of carboxylic acids is 1. The lowest BCUT2D eigenvalue weighted by molar-refractivity contribution is -0.386. The van der Waals surface area contributed by atoms with Gasteiger partial charge in [-0.3, -0.25) is 10.1 Å². The zero-order valence-corrected chi connectivity index (χ0v) is 8.71. The molecule has 0 spiro atoms. The molecule has 0 aromatic carbocycles. The molecule has 1 aromatic heterocycles. The molecule has 0 bridgehead atoms. The van der Waals surface area contributed by atoms with Crippen LogP contribution in [0.15, 0.2) is 6.33 Å². The zero-order chi connectivity index (χ0) is 12.3. The summed E-state index contributed by atoms with van der Waals surface area (Å²) in [6, 6.07) is 0. The number of hydrogen-bond acceptors (Lipinski definition) is 6. The molecule has 0 amide bonds. The van der Waals surface area contributed by atoms with Gasteiger partial charge in [0.15, 0.2) is 6.10 Å². The Morgan fingerprint density at radius 2 is 2.31 bits per heavy atom. The van der Waals surface area contributed by atoms with Crippen molar-refractivity contribution in [2.75, 3.05) is 0 Å². The monoisotopic (exact) mass is 247 g/mol. The Bertz CT molecular complexity index is 438. The average Bonchev–Trinajstić information content (AvgIpc) is 2.16. The Hall–Kier alpha value is -1.96. The van der Waals surface area contributed by atoms with Gasteiger partial charge in [-0.05, 0) is 6.92 Å². The fourth-order valence-corrected chi connectivity index (χ4v) is 0.994. The first-order valence-electron chi connectivity index (χ1n) is 3.97. The first-order chi connectivity index (χ1) is 7.43. The molecule has 16 heavy (non-hydrogen) atoms. The van der Waals surface area contributed by atoms with E-state index in [0.29, 0.717) is 0 Å². The summed E-state index contributed by atoms with van der Waals surface area (Å²) in [5, 5.41) is 18.8. The molecule has 1 atom stereocenters. The summed E-state index contributed by atoms with van der Waals surface area (Å²) in [5.41, 5.74) is -0.655. The third-order valence-electron chi connectivity index (χ3n) is 1.56. The van der Waals surface area contributed by atoms with Crippen molar-refractivity contribution in [3.63, 3.8) is 0 Å². The van der Waals surface area contributed by atoms with Crippen molar-refractivity contribution in [2.24, 2.45) is 0 Å². The third kappa shape index (κ3) is 2.54. The summed E-state index contributed by atoms with van der Waals surface area (Å²) in [6.45, 7) is 1.21. The molecule has 1 aromatic rings. The molecule has 1 rings (SSSR count). The van der Waals surface area contributed by atoms with E-state index in [1.165, 1.54) is 6.92 Å². The largest absolute Gasteiger partial charge is 0.479 e. The molecule has 0 aliphatic heterocycles. The van der Waals surface area contributed by atoms with Crippen molar-refractivity contribution in [2.45, 2.75) is 13.0 Å². The predicted molar refractivity (Wildman–Crippen MR) is 51.4 cm³/mol. The van der Waals surface area contributed by atoms with Crippen LogP contribution >= 0.6 is 11.6 Å². The van der Waals surface area contributed by atoms with Crippen LogP contribution in [-0.2, 0) is 4.79 Å². The van der Waals surface area contributed by atoms with Crippen LogP contribution in [0.3, 0.4) is 0 Å². The number of aromatic nitrogens is 2. The van der Waals surface area contributed by atoms with Crippen LogP contribution in [0.4, 0.5) is 5.69 Å². The van der Waals surface area contributed by atoms with E-state index in [4.69, 9.17) is 21.4 Å². The zero-order valence-electron chi connectivity index (χ0n) is 7.95. The Labute approximate surface area is 94.0 Å². The van der Waals surface area contributed by atoms with Gasteiger partial charge in [0, 0.05) is 0 Å². The van der Waals surface area contributed by atoms with Crippen LogP contribution in [0, 0.1) is 10.1 Å². The Kier molecular flexibility index (Phi) is 3.56. The van der Waals surface area contributed by atoms with Gasteiger partial charge >= 0.3 is 11.7 Å². The molecule has 1 heterocycles. The SMILES string of the molecule is C[C@@H](Oc1ncnc(Cl)c1[N+](=O)[O-])C(=O)O. The lowest BCUT2D eigenvalue weighted by Gasteiger charge is -2.08. The van der Waals surface area contributed by atoms with Gasteiger partial charge < -0.3 is 9.84 Å². The van der Waals surface area contributed by atoms with Crippen LogP contribution in [0.1, 0.15) is 6.92 Å². The Balaban J connectivity index is 3.09. The quantitative estimate of drug-likeness (QED) is 0.477. The first-order valence-corrected chi connectivity index (χ1v) is 4.35. The van der Waals surface area contributed by atoms with Crippen molar-refractivity contribution < 1.29 is 19.6 Å². The normalized spacial score (nSPS) is 11.9. The van der Waals surface area contributed by atoms with Gasteiger partial charge in [-0.15, -0.1) is 0 Å². The highest BCUT2D eigenvalue weighted by molar-refractivity contribution is 6.31. The van der Waals surface area contributed by atoms with Gasteiger partial charge in [0.2, 0.25) is 5.15 Å². The minimum Gasteiger partial charge on any atom is -0.479 e. The van der Waals surface area contributed by atoms with Crippen molar-refractivity contribution in [1.82, 2.24) is 9.97 Å². The molecule has 0 unspecified atom stereocenters. The summed E-state index contributed by atoms with van der Waals surface area (Å²) >= 11 is 5.47. The highest BCUT2D eigenvalue weighted by Crippen LogP contribution is 2.30. The van der Waals surface area contributed by atoms with E-state index in [-0.39, 0.29) is 0 Å². The summed E-state index contributed by atoms with van der Waals surface area (Å²) in [5.74, 6) is -1.75. The maximum Gasteiger partial charge on any atom is 0.367 e. The van der Waals surface area contributed by atoms with Gasteiger partial charge in [0.25, 0.3) is 5.88 Å². The molecule has 9 heteroatoms. The number of aliphatic carboxylic acids is 1. The third-order valence-corrected chi connectivity index (χ3v) is 1.84. The summed E-state index contributed by atoms with van der Waals surface area (Å²) in [7, 11) is 0. The van der Waals surface area contributed by atoms with Crippen LogP contribution in [0.25, 0.3) is 0 Å². The van der Waals surface area contributed by atoms with Crippen LogP contribution in [0.2, 0.25) is 5.15 Å². The van der Waals surface area contributed by atoms with Crippen molar-refractivity contribution in [3.05, 3.63) is 21.6 Å². The first kappa shape index (κ1) is 12.1. The Morgan fingerprint density at radius 3 is 2.81 bits per heavy atom. The average molecular weight is 248 g/mol. The number of nitrogens with zero attached hydrogens (tertiary/aromatic N) is 3. The molecular weight excluding hydrogens is 242 g/mol. The van der Waals surface area contributed by atoms with Crippen molar-refractivity contribution >= 4 is 23.3 Å². The second-order valence-electron chi connectivity index (χ2n) is 2.67. The molecule has 86 valence electrons. The fourth-order valence-electron chi connectivity index (χ4n) is 0.800. The van der Waals surface area contributed by atoms with Crippen molar-refractivity contribution in [3.8, 4) is 5.88 Å². The van der Waals surface area contributed by atoms with Crippen LogP contribution < -0.4 is 4.74 Å². The fraction of sp³-hybridized carbons (Fsp3) is 0.286. The van der Waals surface area contributed by atoms with E-state index in [1.54, 1.807) is 0 Å². The van der Waals surface area contributed by atoms with E-state index in [1.807, 2.05) is 0 Å². The summed E-state index contributed by atoms with van der Waals surface area (Å²) in [4.78, 5) is 27.1. The second-order valence-corrected chi connectivity index (χ2v) is 3.03. The molecular formula is C7H6ClN3O5. The number of nitro groups is 1. The summed E-state index contributed by atoms with van der Waals surface area (Å²) < 4.78 is 4.77. The number of hydrogen-bond donors (Lipinski definition) is 1. The smallest absolute Gasteiger partial charge is 0.367 e. The van der Waals surface area contributed by atoms with Gasteiger partial charge in [-0.2, -0.15) is 4.98 Å². The lowest BCUT2D eigenvalue weighted by atomic mass is 10.4. The predicted octanol–water partition coefficient (Wildman–Crippen LogP) is 0.890. The van der Waals surface area contributed by atoms with Gasteiger partial charge in [-0.1, -0.05) is 11.6 Å². The molecule has 0 saturated heterocycles. The van der Waals surface area contributed by atoms with Gasteiger partial charge in [-0.25, -0.2) is 9.78 Å². The van der Waals surface area contributed by atoms with Gasteiger partial charge in [0.1, 0.15) is 6.33 Å². The molecule has 1 N–H and O–H groups in total. The van der Waals surface area contributed by atoms with E-state index in [0.717, 1.165) is 6.33 Å². The number of carbonyl (C=O) groups is 1. The topological polar surface area (TPSA) is 115 Å². The highest BCUT2D eigenvalue weighted by Gasteiger charge is 2.26. The number of halogens is 1. The van der Waals surface area contributed by atoms with Crippen LogP contribution in [-0.4, -0.2) is 32.1 Å². The van der Waals surface area contributed by atoms with Gasteiger partial charge in [0.05, 0.1) is 4.92 Å².